The predicted molar refractivity (Wildman–Crippen MR) is 96.6 cm³/mol. The Balaban J connectivity index is 0.000000810. The van der Waals surface area contributed by atoms with Crippen molar-refractivity contribution in [2.45, 2.75) is 18.3 Å². The Morgan fingerprint density at radius 2 is 1.12 bits per heavy atom. The molecule has 1 unspecified atom stereocenters. The summed E-state index contributed by atoms with van der Waals surface area (Å²) < 4.78 is 0. The molecule has 0 aromatic heterocycles. The zero-order valence-corrected chi connectivity index (χ0v) is 18.2. The summed E-state index contributed by atoms with van der Waals surface area (Å²) in [7, 11) is 0. The van der Waals surface area contributed by atoms with Crippen LogP contribution < -0.4 is 24.8 Å². The molecule has 26 heavy (non-hydrogen) atoms. The second-order valence-corrected chi connectivity index (χ2v) is 6.56. The molecule has 0 fully saturated rings. The van der Waals surface area contributed by atoms with Crippen LogP contribution in [-0.2, 0) is 26.2 Å². The summed E-state index contributed by atoms with van der Waals surface area (Å²) in [6.45, 7) is 0. The molecule has 2 aliphatic rings. The third kappa shape index (κ3) is 3.38. The van der Waals surface area contributed by atoms with Gasteiger partial charge in [-0.3, -0.25) is 0 Å². The normalized spacial score (nSPS) is 15.8. The third-order valence-corrected chi connectivity index (χ3v) is 5.36. The maximum atomic E-state index is 2.38. The number of allylic oxidation sites excluding steroid dienone is 1. The molecular weight excluding hydrogens is 438 g/mol. The predicted octanol–water partition coefficient (Wildman–Crippen LogP) is 0.00510. The average Bonchev–Trinajstić information content (AvgIpc) is 3.16. The van der Waals surface area contributed by atoms with Crippen LogP contribution in [0.25, 0.3) is 17.2 Å². The SMILES string of the molecule is C1=CC(CC2c3ccccc3-c3ccccc32)c2ccccc21.[Cl-].[Cl-].[Zr+2]. The van der Waals surface area contributed by atoms with Crippen LogP contribution in [0.1, 0.15) is 40.5 Å². The van der Waals surface area contributed by atoms with E-state index in [4.69, 9.17) is 0 Å². The Morgan fingerprint density at radius 3 is 1.73 bits per heavy atom. The van der Waals surface area contributed by atoms with E-state index < -0.39 is 0 Å². The van der Waals surface area contributed by atoms with Crippen LogP contribution >= 0.6 is 0 Å². The molecule has 3 aromatic carbocycles. The van der Waals surface area contributed by atoms with E-state index >= 15 is 0 Å². The number of hydrogen-bond donors (Lipinski definition) is 0. The van der Waals surface area contributed by atoms with Crippen molar-refractivity contribution < 1.29 is 51.0 Å². The van der Waals surface area contributed by atoms with Gasteiger partial charge < -0.3 is 24.8 Å². The van der Waals surface area contributed by atoms with Crippen LogP contribution in [0.5, 0.6) is 0 Å². The number of benzene rings is 3. The van der Waals surface area contributed by atoms with Gasteiger partial charge in [-0.1, -0.05) is 84.9 Å². The van der Waals surface area contributed by atoms with E-state index in [0.717, 1.165) is 6.42 Å². The van der Waals surface area contributed by atoms with Crippen molar-refractivity contribution in [3.63, 3.8) is 0 Å². The van der Waals surface area contributed by atoms with E-state index in [9.17, 15) is 0 Å². The van der Waals surface area contributed by atoms with Crippen molar-refractivity contribution >= 4 is 6.08 Å². The van der Waals surface area contributed by atoms with Gasteiger partial charge in [0.1, 0.15) is 0 Å². The molecule has 1 atom stereocenters. The maximum Gasteiger partial charge on any atom is 2.00 e. The zero-order chi connectivity index (χ0) is 15.2. The zero-order valence-electron chi connectivity index (χ0n) is 14.2. The fourth-order valence-corrected chi connectivity index (χ4v) is 4.30. The number of halogens is 2. The summed E-state index contributed by atoms with van der Waals surface area (Å²) in [6.07, 6.45) is 5.82. The molecule has 5 rings (SSSR count). The summed E-state index contributed by atoms with van der Waals surface area (Å²) in [4.78, 5) is 0. The first kappa shape index (κ1) is 21.2. The molecule has 0 aliphatic heterocycles. The van der Waals surface area contributed by atoms with Gasteiger partial charge in [-0.25, -0.2) is 0 Å². The van der Waals surface area contributed by atoms with Gasteiger partial charge in [0.25, 0.3) is 0 Å². The minimum absolute atomic E-state index is 0. The first-order valence-electron chi connectivity index (χ1n) is 8.37. The van der Waals surface area contributed by atoms with Crippen LogP contribution in [0.3, 0.4) is 0 Å². The quantitative estimate of drug-likeness (QED) is 0.510. The Labute approximate surface area is 186 Å². The molecule has 0 amide bonds. The van der Waals surface area contributed by atoms with E-state index in [1.807, 2.05) is 0 Å². The van der Waals surface area contributed by atoms with Crippen molar-refractivity contribution in [1.29, 1.82) is 0 Å². The summed E-state index contributed by atoms with van der Waals surface area (Å²) in [5, 5.41) is 0. The smallest absolute Gasteiger partial charge is 1.00 e. The summed E-state index contributed by atoms with van der Waals surface area (Å²) in [6, 6.07) is 26.6. The Morgan fingerprint density at radius 1 is 0.615 bits per heavy atom. The Bertz CT molecular complexity index is 887. The summed E-state index contributed by atoms with van der Waals surface area (Å²) in [5.41, 5.74) is 8.69. The van der Waals surface area contributed by atoms with E-state index in [1.165, 1.54) is 33.4 Å². The molecule has 0 N–H and O–H groups in total. The van der Waals surface area contributed by atoms with Crippen molar-refractivity contribution in [1.82, 2.24) is 0 Å². The summed E-state index contributed by atoms with van der Waals surface area (Å²) >= 11 is 0. The van der Waals surface area contributed by atoms with Crippen molar-refractivity contribution in [3.05, 3.63) is 101 Å². The van der Waals surface area contributed by atoms with Gasteiger partial charge in [0.05, 0.1) is 0 Å². The van der Waals surface area contributed by atoms with Gasteiger partial charge >= 0.3 is 26.2 Å². The summed E-state index contributed by atoms with van der Waals surface area (Å²) in [5.74, 6) is 1.03. The van der Waals surface area contributed by atoms with Crippen LogP contribution in [0.4, 0.5) is 0 Å². The largest absolute Gasteiger partial charge is 2.00 e. The van der Waals surface area contributed by atoms with E-state index in [2.05, 4.69) is 84.9 Å². The molecule has 0 heterocycles. The maximum absolute atomic E-state index is 2.38. The number of hydrogen-bond acceptors (Lipinski definition) is 0. The van der Waals surface area contributed by atoms with Gasteiger partial charge in [-0.05, 0) is 39.8 Å². The molecule has 3 heteroatoms. The average molecular weight is 457 g/mol. The molecule has 0 nitrogen and oxygen atoms in total. The molecule has 0 saturated carbocycles. The number of fused-ring (bicyclic) bond motifs is 4. The molecule has 0 radical (unpaired) electrons. The van der Waals surface area contributed by atoms with E-state index in [-0.39, 0.29) is 51.0 Å². The van der Waals surface area contributed by atoms with Gasteiger partial charge in [0.15, 0.2) is 0 Å². The van der Waals surface area contributed by atoms with Crippen LogP contribution in [0, 0.1) is 0 Å². The first-order chi connectivity index (χ1) is 11.4. The Hall–Kier alpha value is -1.14. The molecule has 128 valence electrons. The molecule has 0 spiro atoms. The van der Waals surface area contributed by atoms with Crippen molar-refractivity contribution in [2.24, 2.45) is 0 Å². The van der Waals surface area contributed by atoms with Crippen molar-refractivity contribution in [3.8, 4) is 11.1 Å². The monoisotopic (exact) mass is 454 g/mol. The van der Waals surface area contributed by atoms with Gasteiger partial charge in [0.2, 0.25) is 0 Å². The standard InChI is InChI=1S/C23H18.2ClH.Zr/c1-2-8-18-16(7-1)13-14-17(18)15-23-21-11-5-3-9-19(21)20-10-4-6-12-22(20)23;;;/h1-14,17,23H,15H2;2*1H;/q;;;+2/p-2. The molecular formula is C23H18Cl2Zr. The van der Waals surface area contributed by atoms with Crippen LogP contribution in [-0.4, -0.2) is 0 Å². The molecule has 2 aliphatic carbocycles. The van der Waals surface area contributed by atoms with Crippen LogP contribution in [0.15, 0.2) is 78.9 Å². The molecule has 0 saturated heterocycles. The van der Waals surface area contributed by atoms with Gasteiger partial charge in [-0.15, -0.1) is 0 Å². The Kier molecular flexibility index (Phi) is 7.08. The van der Waals surface area contributed by atoms with Crippen molar-refractivity contribution in [2.75, 3.05) is 0 Å². The topological polar surface area (TPSA) is 0 Å². The van der Waals surface area contributed by atoms with E-state index in [0.29, 0.717) is 11.8 Å². The van der Waals surface area contributed by atoms with E-state index in [1.54, 1.807) is 0 Å². The third-order valence-electron chi connectivity index (χ3n) is 5.36. The van der Waals surface area contributed by atoms with Crippen LogP contribution in [0.2, 0.25) is 0 Å². The fraction of sp³-hybridized carbons (Fsp3) is 0.130. The number of rotatable bonds is 2. The molecule has 3 aromatic rings. The second kappa shape index (κ2) is 8.70. The van der Waals surface area contributed by atoms with Gasteiger partial charge in [-0.2, -0.15) is 0 Å². The minimum atomic E-state index is 0. The minimum Gasteiger partial charge on any atom is -1.00 e. The second-order valence-electron chi connectivity index (χ2n) is 6.56. The first-order valence-corrected chi connectivity index (χ1v) is 8.37. The van der Waals surface area contributed by atoms with Gasteiger partial charge in [0, 0.05) is 11.8 Å². The fourth-order valence-electron chi connectivity index (χ4n) is 4.30. The molecule has 0 bridgehead atoms.